The van der Waals surface area contributed by atoms with Crippen LogP contribution in [0.15, 0.2) is 52.1 Å². The minimum absolute atomic E-state index is 0.0351. The van der Waals surface area contributed by atoms with Crippen molar-refractivity contribution in [2.75, 3.05) is 7.11 Å². The zero-order chi connectivity index (χ0) is 33.5. The highest BCUT2D eigenvalue weighted by Crippen LogP contribution is 2.58. The van der Waals surface area contributed by atoms with Gasteiger partial charge in [-0.1, -0.05) is 17.3 Å². The summed E-state index contributed by atoms with van der Waals surface area (Å²) in [6.07, 6.45) is 1.95. The molecule has 0 saturated heterocycles. The number of benzene rings is 3. The van der Waals surface area contributed by atoms with Crippen LogP contribution in [-0.2, 0) is 28.0 Å². The molecule has 47 heavy (non-hydrogen) atoms. The summed E-state index contributed by atoms with van der Waals surface area (Å²) < 4.78 is 18.5. The Morgan fingerprint density at radius 1 is 0.979 bits per heavy atom. The van der Waals surface area contributed by atoms with Crippen molar-refractivity contribution in [3.63, 3.8) is 0 Å². The number of nitrogens with one attached hydrogen (secondary N) is 1. The molecule has 0 fully saturated rings. The lowest BCUT2D eigenvalue weighted by Gasteiger charge is -2.23. The minimum Gasteiger partial charge on any atom is -0.507 e. The smallest absolute Gasteiger partial charge is 0.260 e. The van der Waals surface area contributed by atoms with Gasteiger partial charge in [-0.3, -0.25) is 24.0 Å². The van der Waals surface area contributed by atoms with E-state index in [1.54, 1.807) is 0 Å². The summed E-state index contributed by atoms with van der Waals surface area (Å²) in [6, 6.07) is 7.15. The molecule has 1 heterocycles. The van der Waals surface area contributed by atoms with E-state index in [1.165, 1.54) is 36.5 Å². The number of methoxy groups -OCH3 is 1. The maximum absolute atomic E-state index is 14.2. The number of aromatic amines is 1. The number of phenols is 3. The standard InChI is InChI=1S/C33H20FIN2O10/c1-46-18-9-17(38)20-21(26(18)39)28(41)23-22(27(20)40)30(43)33(31(23)44)7-6-15-24(33)29(42)19-16(25(15)35)8-14(37-32(19)45)10-36-47-11-12-2-4-13(34)5-3-12/h2-5,8-10,40-42H,6-7,11H2,1H3,(H,37,45)/b36-10+/t33-/m0/s1. The number of hydrogen-bond acceptors (Lipinski definition) is 11. The molecule has 3 aromatic carbocycles. The number of carbonyl (C=O) groups excluding carboxylic acids is 4. The van der Waals surface area contributed by atoms with Crippen LogP contribution < -0.4 is 5.56 Å². The van der Waals surface area contributed by atoms with Gasteiger partial charge in [0.2, 0.25) is 5.78 Å². The highest BCUT2D eigenvalue weighted by molar-refractivity contribution is 14.1. The van der Waals surface area contributed by atoms with Crippen LogP contribution in [0.25, 0.3) is 10.8 Å². The Kier molecular flexibility index (Phi) is 6.82. The second kappa shape index (κ2) is 10.6. The van der Waals surface area contributed by atoms with Crippen molar-refractivity contribution in [1.29, 1.82) is 0 Å². The molecule has 1 atom stereocenters. The number of oxime groups is 1. The number of H-pyrrole nitrogens is 1. The lowest BCUT2D eigenvalue weighted by molar-refractivity contribution is 0.0790. The number of Topliss-reactive ketones (excluding diaryl/α,β-unsaturated/α-hetero) is 3. The minimum atomic E-state index is -2.15. The second-order valence-electron chi connectivity index (χ2n) is 11.2. The summed E-state index contributed by atoms with van der Waals surface area (Å²) in [6.45, 7) is 0.0351. The van der Waals surface area contributed by atoms with Crippen LogP contribution in [0.5, 0.6) is 17.2 Å². The van der Waals surface area contributed by atoms with Crippen molar-refractivity contribution in [1.82, 2.24) is 4.98 Å². The molecule has 7 rings (SSSR count). The fourth-order valence-corrected chi connectivity index (χ4v) is 7.62. The van der Waals surface area contributed by atoms with Gasteiger partial charge in [-0.25, -0.2) is 4.39 Å². The molecule has 1 spiro atoms. The Morgan fingerprint density at radius 3 is 2.30 bits per heavy atom. The molecular formula is C33H20FIN2O10. The third-order valence-corrected chi connectivity index (χ3v) is 10.0. The summed E-state index contributed by atoms with van der Waals surface area (Å²) in [7, 11) is 1.13. The largest absolute Gasteiger partial charge is 0.507 e. The number of halogens is 2. The van der Waals surface area contributed by atoms with Gasteiger partial charge in [0.05, 0.1) is 46.7 Å². The number of aromatic hydroxyl groups is 3. The summed E-state index contributed by atoms with van der Waals surface area (Å²) in [5.41, 5.74) is -4.43. The Labute approximate surface area is 276 Å². The van der Waals surface area contributed by atoms with E-state index < -0.39 is 85.2 Å². The zero-order valence-corrected chi connectivity index (χ0v) is 26.2. The Bertz CT molecular complexity index is 2290. The normalized spacial score (nSPS) is 18.2. The van der Waals surface area contributed by atoms with Crippen molar-refractivity contribution in [2.45, 2.75) is 24.9 Å². The number of carbonyl (C=O) groups is 4. The topological polar surface area (TPSA) is 193 Å². The van der Waals surface area contributed by atoms with Crippen LogP contribution >= 0.6 is 22.6 Å². The first-order chi connectivity index (χ1) is 22.4. The highest BCUT2D eigenvalue weighted by Gasteiger charge is 2.62. The lowest BCUT2D eigenvalue weighted by Crippen LogP contribution is -2.36. The van der Waals surface area contributed by atoms with Crippen LogP contribution in [0.3, 0.4) is 0 Å². The van der Waals surface area contributed by atoms with Crippen LogP contribution in [0, 0.1) is 9.39 Å². The van der Waals surface area contributed by atoms with Gasteiger partial charge in [0.25, 0.3) is 5.56 Å². The van der Waals surface area contributed by atoms with E-state index in [4.69, 9.17) is 9.57 Å². The van der Waals surface area contributed by atoms with Gasteiger partial charge in [-0.05, 0) is 64.8 Å². The molecule has 3 aliphatic rings. The molecule has 0 unspecified atom stereocenters. The number of nitrogens with zero attached hydrogens (tertiary/aromatic N) is 1. The molecule has 236 valence electrons. The number of allylic oxidation sites excluding steroid dienone is 2. The second-order valence-corrected chi connectivity index (χ2v) is 12.2. The molecule has 12 nitrogen and oxygen atoms in total. The summed E-state index contributed by atoms with van der Waals surface area (Å²) in [4.78, 5) is 75.4. The van der Waals surface area contributed by atoms with Crippen molar-refractivity contribution < 1.29 is 48.5 Å². The van der Waals surface area contributed by atoms with Crippen LogP contribution in [0.2, 0.25) is 0 Å². The molecule has 0 saturated carbocycles. The number of aromatic nitrogens is 1. The number of ketones is 4. The number of pyridine rings is 1. The van der Waals surface area contributed by atoms with Gasteiger partial charge in [-0.15, -0.1) is 0 Å². The Morgan fingerprint density at radius 2 is 1.64 bits per heavy atom. The molecule has 14 heteroatoms. The predicted molar refractivity (Wildman–Crippen MR) is 170 cm³/mol. The maximum Gasteiger partial charge on any atom is 0.260 e. The van der Waals surface area contributed by atoms with E-state index in [1.807, 2.05) is 22.6 Å². The number of phenolic OH excluding ortho intramolecular Hbond substituents is 3. The first kappa shape index (κ1) is 30.3. The predicted octanol–water partition coefficient (Wildman–Crippen LogP) is 4.11. The number of ether oxygens (including phenoxy) is 1. The lowest BCUT2D eigenvalue weighted by atomic mass is 9.76. The van der Waals surface area contributed by atoms with Crippen LogP contribution in [0.4, 0.5) is 4.39 Å². The van der Waals surface area contributed by atoms with E-state index in [2.05, 4.69) is 10.1 Å². The van der Waals surface area contributed by atoms with E-state index in [-0.39, 0.29) is 36.1 Å². The Hall–Kier alpha value is -5.38. The number of rotatable bonds is 5. The van der Waals surface area contributed by atoms with Crippen molar-refractivity contribution in [3.05, 3.63) is 107 Å². The van der Waals surface area contributed by atoms with Crippen LogP contribution in [-0.4, -0.2) is 56.8 Å². The van der Waals surface area contributed by atoms with Gasteiger partial charge in [0, 0.05) is 20.6 Å². The molecule has 0 amide bonds. The maximum atomic E-state index is 14.2. The van der Waals surface area contributed by atoms with Gasteiger partial charge in [-0.2, -0.15) is 0 Å². The number of fused-ring (bicyclic) bond motifs is 5. The van der Waals surface area contributed by atoms with Crippen LogP contribution in [0.1, 0.15) is 70.2 Å². The monoisotopic (exact) mass is 750 g/mol. The quantitative estimate of drug-likeness (QED) is 0.0759. The summed E-state index contributed by atoms with van der Waals surface area (Å²) in [5.74, 6) is -7.25. The molecule has 0 bridgehead atoms. The zero-order valence-electron chi connectivity index (χ0n) is 24.1. The molecule has 0 aliphatic heterocycles. The van der Waals surface area contributed by atoms with Crippen molar-refractivity contribution in [2.24, 2.45) is 5.16 Å². The summed E-state index contributed by atoms with van der Waals surface area (Å²) in [5, 5.41) is 37.9. The Balaban J connectivity index is 1.33. The van der Waals surface area contributed by atoms with Gasteiger partial charge < -0.3 is 29.9 Å². The van der Waals surface area contributed by atoms with E-state index in [0.29, 0.717) is 20.1 Å². The molecule has 1 aromatic heterocycles. The van der Waals surface area contributed by atoms with E-state index in [9.17, 15) is 43.7 Å². The SMILES string of the molecule is COC1=CC(=O)c2c(O)c3c(c(O)c2C1=O)C(=O)[C@]1(CCc2c1c(O)c1c(=O)[nH]c(/C=N/OCc4ccc(F)cc4)cc1c2I)C3=O. The van der Waals surface area contributed by atoms with Crippen molar-refractivity contribution in [3.8, 4) is 17.2 Å². The molecule has 4 aromatic rings. The van der Waals surface area contributed by atoms with Gasteiger partial charge >= 0.3 is 0 Å². The molecular weight excluding hydrogens is 730 g/mol. The summed E-state index contributed by atoms with van der Waals surface area (Å²) >= 11 is 1.95. The molecule has 4 N–H and O–H groups in total. The highest BCUT2D eigenvalue weighted by atomic mass is 127. The molecule has 3 aliphatic carbocycles. The van der Waals surface area contributed by atoms with E-state index >= 15 is 0 Å². The third-order valence-electron chi connectivity index (χ3n) is 8.77. The molecule has 0 radical (unpaired) electrons. The van der Waals surface area contributed by atoms with E-state index in [0.717, 1.165) is 13.2 Å². The number of hydrogen-bond donors (Lipinski definition) is 4. The average Bonchev–Trinajstić information content (AvgIpc) is 3.55. The first-order valence-electron chi connectivity index (χ1n) is 14.0. The fraction of sp³-hybridized carbons (Fsp3) is 0.152. The van der Waals surface area contributed by atoms with Gasteiger partial charge in [0.1, 0.15) is 35.1 Å². The van der Waals surface area contributed by atoms with Crippen molar-refractivity contribution >= 4 is 62.7 Å². The average molecular weight is 750 g/mol. The van der Waals surface area contributed by atoms with Gasteiger partial charge in [0.15, 0.2) is 23.1 Å². The fourth-order valence-electron chi connectivity index (χ4n) is 6.66. The third kappa shape index (κ3) is 4.10. The first-order valence-corrected chi connectivity index (χ1v) is 15.1.